The van der Waals surface area contributed by atoms with Crippen LogP contribution < -0.4 is 5.01 Å². The Bertz CT molecular complexity index is 1720. The number of sulfonamides is 1. The first-order valence-corrected chi connectivity index (χ1v) is 15.1. The van der Waals surface area contributed by atoms with Crippen LogP contribution in [0.2, 0.25) is 0 Å². The van der Waals surface area contributed by atoms with E-state index < -0.39 is 15.9 Å². The van der Waals surface area contributed by atoms with Crippen LogP contribution in [0.25, 0.3) is 10.2 Å². The van der Waals surface area contributed by atoms with Gasteiger partial charge in [0.1, 0.15) is 0 Å². The van der Waals surface area contributed by atoms with Gasteiger partial charge in [-0.25, -0.2) is 13.4 Å². The van der Waals surface area contributed by atoms with Crippen LogP contribution in [0.1, 0.15) is 34.3 Å². The maximum Gasteiger partial charge on any atom is 0.280 e. The van der Waals surface area contributed by atoms with Crippen LogP contribution in [0.4, 0.5) is 5.13 Å². The van der Waals surface area contributed by atoms with E-state index in [0.717, 1.165) is 30.1 Å². The number of fused-ring (bicyclic) bond motifs is 1. The molecule has 3 aromatic carbocycles. The number of halogens is 1. The monoisotopic (exact) mass is 634 g/mol. The number of amides is 1. The van der Waals surface area contributed by atoms with Gasteiger partial charge in [0.15, 0.2) is 0 Å². The first-order valence-electron chi connectivity index (χ1n) is 12.1. The van der Waals surface area contributed by atoms with Crippen molar-refractivity contribution in [2.45, 2.75) is 24.7 Å². The second kappa shape index (κ2) is 12.9. The first kappa shape index (κ1) is 29.1. The molecule has 0 atom stereocenters. The van der Waals surface area contributed by atoms with Gasteiger partial charge < -0.3 is 0 Å². The Morgan fingerprint density at radius 2 is 1.68 bits per heavy atom. The van der Waals surface area contributed by atoms with Crippen molar-refractivity contribution in [2.75, 3.05) is 18.1 Å². The Hall–Kier alpha value is -3.94. The number of nitrogens with zero attached hydrogens (tertiary/aromatic N) is 6. The van der Waals surface area contributed by atoms with Crippen LogP contribution >= 0.6 is 27.3 Å². The molecule has 0 aliphatic rings. The van der Waals surface area contributed by atoms with Crippen LogP contribution in [-0.4, -0.2) is 42.9 Å². The van der Waals surface area contributed by atoms with Gasteiger partial charge in [0.05, 0.1) is 33.5 Å². The topological polar surface area (TPSA) is 131 Å². The predicted molar refractivity (Wildman–Crippen MR) is 159 cm³/mol. The number of aryl methyl sites for hydroxylation is 1. The van der Waals surface area contributed by atoms with Gasteiger partial charge in [0.25, 0.3) is 5.91 Å². The summed E-state index contributed by atoms with van der Waals surface area (Å²) in [6, 6.07) is 22.6. The Morgan fingerprint density at radius 1 is 1.02 bits per heavy atom. The van der Waals surface area contributed by atoms with Gasteiger partial charge in [-0.05, 0) is 66.6 Å². The summed E-state index contributed by atoms with van der Waals surface area (Å²) in [5.41, 5.74) is 2.78. The van der Waals surface area contributed by atoms with Crippen molar-refractivity contribution in [3.63, 3.8) is 0 Å². The van der Waals surface area contributed by atoms with E-state index in [0.29, 0.717) is 5.13 Å². The van der Waals surface area contributed by atoms with Crippen molar-refractivity contribution in [3.05, 3.63) is 87.9 Å². The molecule has 0 N–H and O–H groups in total. The number of hydrogen-bond donors (Lipinski definition) is 0. The molecule has 1 heterocycles. The summed E-state index contributed by atoms with van der Waals surface area (Å²) in [6.45, 7) is 1.92. The number of carbonyl (C=O) groups excluding carboxylic acids is 1. The summed E-state index contributed by atoms with van der Waals surface area (Å²) in [5.74, 6) is -0.487. The van der Waals surface area contributed by atoms with Crippen molar-refractivity contribution >= 4 is 64.8 Å². The molecule has 4 aromatic rings. The van der Waals surface area contributed by atoms with Crippen molar-refractivity contribution in [1.82, 2.24) is 9.29 Å². The Balaban J connectivity index is 1.67. The first-order chi connectivity index (χ1) is 19.2. The maximum atomic E-state index is 13.7. The highest BCUT2D eigenvalue weighted by molar-refractivity contribution is 9.10. The molecule has 1 amide bonds. The molecular weight excluding hydrogens is 612 g/mol. The Labute approximate surface area is 244 Å². The number of rotatable bonds is 10. The lowest BCUT2D eigenvalue weighted by molar-refractivity contribution is 0.0987. The summed E-state index contributed by atoms with van der Waals surface area (Å²) >= 11 is 4.73. The van der Waals surface area contributed by atoms with Crippen LogP contribution in [0, 0.1) is 29.6 Å². The molecule has 202 valence electrons. The van der Waals surface area contributed by atoms with E-state index in [-0.39, 0.29) is 36.4 Å². The molecule has 0 fully saturated rings. The molecule has 4 rings (SSSR count). The highest BCUT2D eigenvalue weighted by Gasteiger charge is 2.26. The van der Waals surface area contributed by atoms with Crippen LogP contribution in [0.15, 0.2) is 81.2 Å². The number of benzene rings is 3. The van der Waals surface area contributed by atoms with E-state index in [1.165, 1.54) is 40.6 Å². The van der Waals surface area contributed by atoms with E-state index in [4.69, 9.17) is 10.5 Å². The molecule has 9 nitrogen and oxygen atoms in total. The Morgan fingerprint density at radius 3 is 2.30 bits per heavy atom. The summed E-state index contributed by atoms with van der Waals surface area (Å²) in [6.07, 6.45) is 1.55. The van der Waals surface area contributed by atoms with Gasteiger partial charge in [-0.3, -0.25) is 4.79 Å². The minimum atomic E-state index is -3.97. The molecule has 1 aromatic heterocycles. The third kappa shape index (κ3) is 6.79. The van der Waals surface area contributed by atoms with Gasteiger partial charge in [0.2, 0.25) is 15.2 Å². The fourth-order valence-corrected chi connectivity index (χ4v) is 6.44. The van der Waals surface area contributed by atoms with E-state index in [1.807, 2.05) is 61.5 Å². The summed E-state index contributed by atoms with van der Waals surface area (Å²) in [7, 11) is -3.97. The highest BCUT2D eigenvalue weighted by Crippen LogP contribution is 2.31. The largest absolute Gasteiger partial charge is 0.280 e. The normalized spacial score (nSPS) is 11.5. The molecule has 12 heteroatoms. The molecule has 0 aliphatic heterocycles. The zero-order chi connectivity index (χ0) is 28.7. The zero-order valence-electron chi connectivity index (χ0n) is 21.4. The quantitative estimate of drug-likeness (QED) is 0.158. The summed E-state index contributed by atoms with van der Waals surface area (Å²) < 4.78 is 29.3. The lowest BCUT2D eigenvalue weighted by Gasteiger charge is -2.20. The fraction of sp³-hybridized carbons (Fsp3) is 0.179. The second-order valence-electron chi connectivity index (χ2n) is 8.63. The molecule has 0 bridgehead atoms. The molecule has 0 saturated heterocycles. The fourth-order valence-electron chi connectivity index (χ4n) is 3.71. The molecule has 0 spiro atoms. The van der Waals surface area contributed by atoms with E-state index in [1.54, 1.807) is 6.21 Å². The number of thiazole rings is 1. The summed E-state index contributed by atoms with van der Waals surface area (Å²) in [4.78, 5) is 18.3. The molecular formula is C28H23BrN6O3S2. The smallest absolute Gasteiger partial charge is 0.267 e. The molecule has 40 heavy (non-hydrogen) atoms. The highest BCUT2D eigenvalue weighted by atomic mass is 79.9. The number of anilines is 1. The number of hydrogen-bond acceptors (Lipinski definition) is 8. The van der Waals surface area contributed by atoms with Gasteiger partial charge in [-0.1, -0.05) is 45.5 Å². The zero-order valence-corrected chi connectivity index (χ0v) is 24.6. The lowest BCUT2D eigenvalue weighted by atomic mass is 10.2. The number of nitriles is 2. The number of hydrazone groups is 1. The summed E-state index contributed by atoms with van der Waals surface area (Å²) in [5, 5.41) is 23.9. The van der Waals surface area contributed by atoms with E-state index in [2.05, 4.69) is 26.0 Å². The maximum absolute atomic E-state index is 13.7. The van der Waals surface area contributed by atoms with Crippen molar-refractivity contribution < 1.29 is 13.2 Å². The van der Waals surface area contributed by atoms with Crippen molar-refractivity contribution in [2.24, 2.45) is 5.10 Å². The predicted octanol–water partition coefficient (Wildman–Crippen LogP) is 5.87. The average Bonchev–Trinajstić information content (AvgIpc) is 3.36. The third-order valence-electron chi connectivity index (χ3n) is 5.78. The van der Waals surface area contributed by atoms with Crippen molar-refractivity contribution in [1.29, 1.82) is 10.5 Å². The average molecular weight is 636 g/mol. The molecule has 0 aliphatic carbocycles. The van der Waals surface area contributed by atoms with Gasteiger partial charge in [0, 0.05) is 36.0 Å². The lowest BCUT2D eigenvalue weighted by Crippen LogP contribution is -2.33. The molecule has 0 saturated carbocycles. The Kier molecular flexibility index (Phi) is 9.40. The standard InChI is InChI=1S/C28H23BrN6O3S2/c1-20-4-13-25-26(18-20)39-28(33-25)35(32-19-21-5-9-23(29)10-6-21)27(36)22-7-11-24(12-8-22)40(37,38)34(16-2-14-30)17-3-15-31/h4-13,18-19H,2-3,16-17H2,1H3/b32-19+. The number of aromatic nitrogens is 1. The molecule has 0 unspecified atom stereocenters. The molecule has 0 radical (unpaired) electrons. The van der Waals surface area contributed by atoms with E-state index >= 15 is 0 Å². The van der Waals surface area contributed by atoms with Crippen LogP contribution in [-0.2, 0) is 10.0 Å². The minimum Gasteiger partial charge on any atom is -0.267 e. The second-order valence-corrected chi connectivity index (χ2v) is 12.5. The number of carbonyl (C=O) groups is 1. The van der Waals surface area contributed by atoms with Crippen LogP contribution in [0.3, 0.4) is 0 Å². The minimum absolute atomic E-state index is 0.00570. The van der Waals surface area contributed by atoms with Gasteiger partial charge in [-0.15, -0.1) is 0 Å². The van der Waals surface area contributed by atoms with Crippen LogP contribution in [0.5, 0.6) is 0 Å². The van der Waals surface area contributed by atoms with Gasteiger partial charge >= 0.3 is 0 Å². The SMILES string of the molecule is Cc1ccc2nc(N(/N=C/c3ccc(Br)cc3)C(=O)c3ccc(S(=O)(=O)N(CCC#N)CCC#N)cc3)sc2c1. The van der Waals surface area contributed by atoms with E-state index in [9.17, 15) is 13.2 Å². The van der Waals surface area contributed by atoms with Crippen molar-refractivity contribution in [3.8, 4) is 12.1 Å². The third-order valence-corrected chi connectivity index (χ3v) is 9.22. The van der Waals surface area contributed by atoms with Gasteiger partial charge in [-0.2, -0.15) is 24.9 Å².